The number of nitrogens with one attached hydrogen (secondary N) is 1. The monoisotopic (exact) mass is 373 g/mol. The Morgan fingerprint density at radius 2 is 1.82 bits per heavy atom. The van der Waals surface area contributed by atoms with E-state index in [0.29, 0.717) is 6.54 Å². The molecule has 0 saturated carbocycles. The normalized spacial score (nSPS) is 12.8. The van der Waals surface area contributed by atoms with Gasteiger partial charge < -0.3 is 16.0 Å². The Labute approximate surface area is 164 Å². The van der Waals surface area contributed by atoms with E-state index in [2.05, 4.69) is 37.4 Å². The Kier molecular flexibility index (Phi) is 4.71. The number of amides is 1. The SMILES string of the molecule is Cc1cc(C)cc(Nc2c(-c3ccccc3)nc3n2C=CN(C(=O)CN)C3)c1. The van der Waals surface area contributed by atoms with Gasteiger partial charge in [-0.1, -0.05) is 36.4 Å². The summed E-state index contributed by atoms with van der Waals surface area (Å²) in [5.41, 5.74) is 10.8. The van der Waals surface area contributed by atoms with Crippen molar-refractivity contribution in [2.75, 3.05) is 11.9 Å². The zero-order valence-electron chi connectivity index (χ0n) is 16.0. The number of carbonyl (C=O) groups is 1. The molecule has 1 aliphatic rings. The third kappa shape index (κ3) is 3.42. The van der Waals surface area contributed by atoms with Gasteiger partial charge in [-0.15, -0.1) is 0 Å². The van der Waals surface area contributed by atoms with Crippen LogP contribution in [0.2, 0.25) is 0 Å². The fraction of sp³-hybridized carbons (Fsp3) is 0.182. The fourth-order valence-corrected chi connectivity index (χ4v) is 3.49. The average Bonchev–Trinajstić information content (AvgIpc) is 3.05. The molecule has 0 fully saturated rings. The summed E-state index contributed by atoms with van der Waals surface area (Å²) in [6.07, 6.45) is 3.61. The maximum absolute atomic E-state index is 12.0. The minimum atomic E-state index is -0.129. The second-order valence-electron chi connectivity index (χ2n) is 6.99. The first-order valence-corrected chi connectivity index (χ1v) is 9.25. The summed E-state index contributed by atoms with van der Waals surface area (Å²) in [5, 5.41) is 3.54. The van der Waals surface area contributed by atoms with Crippen LogP contribution in [0, 0.1) is 13.8 Å². The second kappa shape index (κ2) is 7.32. The zero-order valence-corrected chi connectivity index (χ0v) is 16.0. The van der Waals surface area contributed by atoms with Crippen molar-refractivity contribution in [2.45, 2.75) is 20.4 Å². The number of hydrogen-bond donors (Lipinski definition) is 2. The van der Waals surface area contributed by atoms with Gasteiger partial charge >= 0.3 is 0 Å². The molecule has 0 bridgehead atoms. The molecule has 0 radical (unpaired) electrons. The highest BCUT2D eigenvalue weighted by Gasteiger charge is 2.23. The van der Waals surface area contributed by atoms with Crippen molar-refractivity contribution < 1.29 is 4.79 Å². The quantitative estimate of drug-likeness (QED) is 0.732. The Bertz CT molecular complexity index is 1030. The lowest BCUT2D eigenvalue weighted by Crippen LogP contribution is -2.33. The Balaban J connectivity index is 1.80. The van der Waals surface area contributed by atoms with Gasteiger partial charge in [-0.25, -0.2) is 4.98 Å². The molecule has 6 heteroatoms. The lowest BCUT2D eigenvalue weighted by Gasteiger charge is -2.22. The van der Waals surface area contributed by atoms with E-state index in [0.717, 1.165) is 28.6 Å². The largest absolute Gasteiger partial charge is 0.339 e. The van der Waals surface area contributed by atoms with Crippen LogP contribution >= 0.6 is 0 Å². The molecule has 2 heterocycles. The summed E-state index contributed by atoms with van der Waals surface area (Å²) in [5.74, 6) is 1.54. The maximum Gasteiger partial charge on any atom is 0.240 e. The van der Waals surface area contributed by atoms with Crippen LogP contribution in [0.25, 0.3) is 17.5 Å². The highest BCUT2D eigenvalue weighted by molar-refractivity contribution is 5.82. The zero-order chi connectivity index (χ0) is 19.7. The Hall–Kier alpha value is -3.38. The van der Waals surface area contributed by atoms with E-state index >= 15 is 0 Å². The molecule has 3 aromatic rings. The van der Waals surface area contributed by atoms with Gasteiger partial charge in [0.05, 0.1) is 13.1 Å². The number of carbonyl (C=O) groups excluding carboxylic acids is 1. The van der Waals surface area contributed by atoms with Crippen LogP contribution in [-0.4, -0.2) is 26.9 Å². The minimum absolute atomic E-state index is 0.0235. The Morgan fingerprint density at radius 3 is 2.50 bits per heavy atom. The summed E-state index contributed by atoms with van der Waals surface area (Å²) in [7, 11) is 0. The first-order chi connectivity index (χ1) is 13.5. The number of rotatable bonds is 4. The number of hydrogen-bond acceptors (Lipinski definition) is 4. The standard InChI is InChI=1S/C22H23N5O/c1-15-10-16(2)12-18(11-15)24-22-21(17-6-4-3-5-7-17)25-19-14-26(20(28)13-23)8-9-27(19)22/h3-12,24H,13-14,23H2,1-2H3. The molecular weight excluding hydrogens is 350 g/mol. The first-order valence-electron chi connectivity index (χ1n) is 9.25. The van der Waals surface area contributed by atoms with Crippen LogP contribution in [0.15, 0.2) is 54.7 Å². The molecule has 1 aromatic heterocycles. The van der Waals surface area contributed by atoms with Gasteiger partial charge in [-0.2, -0.15) is 0 Å². The van der Waals surface area contributed by atoms with Gasteiger partial charge in [0.25, 0.3) is 0 Å². The van der Waals surface area contributed by atoms with E-state index < -0.39 is 0 Å². The molecule has 3 N–H and O–H groups in total. The predicted octanol–water partition coefficient (Wildman–Crippen LogP) is 3.64. The maximum atomic E-state index is 12.0. The summed E-state index contributed by atoms with van der Waals surface area (Å²) in [4.78, 5) is 18.4. The Morgan fingerprint density at radius 1 is 1.11 bits per heavy atom. The summed E-state index contributed by atoms with van der Waals surface area (Å²) in [6.45, 7) is 4.53. The van der Waals surface area contributed by atoms with Crippen LogP contribution in [0.3, 0.4) is 0 Å². The number of imidazole rings is 1. The van der Waals surface area contributed by atoms with Gasteiger partial charge in [-0.3, -0.25) is 9.36 Å². The molecule has 28 heavy (non-hydrogen) atoms. The van der Waals surface area contributed by atoms with Crippen molar-refractivity contribution in [3.05, 3.63) is 71.7 Å². The molecule has 6 nitrogen and oxygen atoms in total. The number of fused-ring (bicyclic) bond motifs is 1. The van der Waals surface area contributed by atoms with E-state index in [-0.39, 0.29) is 12.5 Å². The number of aryl methyl sites for hydroxylation is 2. The molecule has 4 rings (SSSR count). The number of aromatic nitrogens is 2. The molecule has 0 saturated heterocycles. The van der Waals surface area contributed by atoms with Gasteiger partial charge in [0.2, 0.25) is 5.91 Å². The third-order valence-corrected chi connectivity index (χ3v) is 4.72. The highest BCUT2D eigenvalue weighted by atomic mass is 16.2. The number of nitrogens with zero attached hydrogens (tertiary/aromatic N) is 3. The topological polar surface area (TPSA) is 76.2 Å². The molecule has 0 unspecified atom stereocenters. The van der Waals surface area contributed by atoms with Crippen LogP contribution in [-0.2, 0) is 11.3 Å². The van der Waals surface area contributed by atoms with E-state index in [9.17, 15) is 4.79 Å². The smallest absolute Gasteiger partial charge is 0.240 e. The van der Waals surface area contributed by atoms with Gasteiger partial charge in [0, 0.05) is 23.7 Å². The molecule has 0 spiro atoms. The molecule has 1 amide bonds. The average molecular weight is 373 g/mol. The van der Waals surface area contributed by atoms with Crippen LogP contribution < -0.4 is 11.1 Å². The van der Waals surface area contributed by atoms with Gasteiger partial charge in [-0.05, 0) is 37.1 Å². The van der Waals surface area contributed by atoms with E-state index in [1.54, 1.807) is 11.1 Å². The lowest BCUT2D eigenvalue weighted by molar-refractivity contribution is -0.127. The summed E-state index contributed by atoms with van der Waals surface area (Å²) in [6, 6.07) is 16.4. The predicted molar refractivity (Wildman–Crippen MR) is 112 cm³/mol. The number of benzene rings is 2. The van der Waals surface area contributed by atoms with E-state index in [1.165, 1.54) is 11.1 Å². The van der Waals surface area contributed by atoms with Crippen molar-refractivity contribution in [3.8, 4) is 11.3 Å². The first kappa shape index (κ1) is 18.0. The number of nitrogens with two attached hydrogens (primary N) is 1. The van der Waals surface area contributed by atoms with Crippen LogP contribution in [0.5, 0.6) is 0 Å². The van der Waals surface area contributed by atoms with Crippen molar-refractivity contribution in [2.24, 2.45) is 5.73 Å². The lowest BCUT2D eigenvalue weighted by atomic mass is 10.1. The minimum Gasteiger partial charge on any atom is -0.339 e. The molecule has 0 aliphatic carbocycles. The van der Waals surface area contributed by atoms with Crippen molar-refractivity contribution in [1.82, 2.24) is 14.5 Å². The second-order valence-corrected chi connectivity index (χ2v) is 6.99. The summed E-state index contributed by atoms with van der Waals surface area (Å²) >= 11 is 0. The molecule has 142 valence electrons. The van der Waals surface area contributed by atoms with Crippen LogP contribution in [0.1, 0.15) is 17.0 Å². The van der Waals surface area contributed by atoms with Gasteiger partial charge in [0.1, 0.15) is 17.3 Å². The number of anilines is 2. The van der Waals surface area contributed by atoms with Crippen molar-refractivity contribution in [1.29, 1.82) is 0 Å². The third-order valence-electron chi connectivity index (χ3n) is 4.72. The van der Waals surface area contributed by atoms with Crippen molar-refractivity contribution in [3.63, 3.8) is 0 Å². The van der Waals surface area contributed by atoms with Crippen LogP contribution in [0.4, 0.5) is 11.5 Å². The van der Waals surface area contributed by atoms with Gasteiger partial charge in [0.15, 0.2) is 0 Å². The molecule has 2 aromatic carbocycles. The fourth-order valence-electron chi connectivity index (χ4n) is 3.49. The molecule has 0 atom stereocenters. The van der Waals surface area contributed by atoms with E-state index in [1.807, 2.05) is 41.1 Å². The molecular formula is C22H23N5O. The highest BCUT2D eigenvalue weighted by Crippen LogP contribution is 2.33. The summed E-state index contributed by atoms with van der Waals surface area (Å²) < 4.78 is 2.00. The molecule has 1 aliphatic heterocycles. The van der Waals surface area contributed by atoms with Crippen molar-refractivity contribution >= 4 is 23.6 Å². The van der Waals surface area contributed by atoms with E-state index in [4.69, 9.17) is 10.7 Å².